The molecule has 2 aromatic heterocycles. The van der Waals surface area contributed by atoms with Gasteiger partial charge in [-0.2, -0.15) is 5.10 Å². The van der Waals surface area contributed by atoms with E-state index in [0.717, 1.165) is 47.5 Å². The SMILES string of the molecule is Cc1ccc2c(c1)CCCN2c1ccnc(-c2ccc3[nH]ncc3c2)n1. The van der Waals surface area contributed by atoms with Crippen LogP contribution in [0.15, 0.2) is 54.9 Å². The second-order valence-electron chi connectivity index (χ2n) is 6.80. The summed E-state index contributed by atoms with van der Waals surface area (Å²) in [6.07, 6.45) is 5.94. The summed E-state index contributed by atoms with van der Waals surface area (Å²) in [5.41, 5.74) is 5.99. The van der Waals surface area contributed by atoms with Crippen LogP contribution in [0.25, 0.3) is 22.3 Å². The highest BCUT2D eigenvalue weighted by molar-refractivity contribution is 5.83. The third-order valence-corrected chi connectivity index (χ3v) is 4.97. The summed E-state index contributed by atoms with van der Waals surface area (Å²) < 4.78 is 0. The molecular formula is C21H19N5. The van der Waals surface area contributed by atoms with Crippen molar-refractivity contribution in [2.75, 3.05) is 11.4 Å². The fraction of sp³-hybridized carbons (Fsp3) is 0.190. The van der Waals surface area contributed by atoms with E-state index in [2.05, 4.69) is 51.3 Å². The Labute approximate surface area is 151 Å². The van der Waals surface area contributed by atoms with Gasteiger partial charge in [0.15, 0.2) is 5.82 Å². The number of hydrogen-bond acceptors (Lipinski definition) is 4. The van der Waals surface area contributed by atoms with E-state index in [1.54, 1.807) is 0 Å². The van der Waals surface area contributed by atoms with E-state index in [0.29, 0.717) is 0 Å². The molecule has 1 aliphatic heterocycles. The monoisotopic (exact) mass is 341 g/mol. The third-order valence-electron chi connectivity index (χ3n) is 4.97. The number of anilines is 2. The Morgan fingerprint density at radius 2 is 2.04 bits per heavy atom. The Hall–Kier alpha value is -3.21. The topological polar surface area (TPSA) is 57.7 Å². The number of aryl methyl sites for hydroxylation is 2. The molecule has 1 N–H and O–H groups in total. The molecule has 2 aromatic carbocycles. The summed E-state index contributed by atoms with van der Waals surface area (Å²) in [5, 5.41) is 8.13. The normalized spacial score (nSPS) is 13.8. The maximum Gasteiger partial charge on any atom is 0.161 e. The Morgan fingerprint density at radius 3 is 3.00 bits per heavy atom. The summed E-state index contributed by atoms with van der Waals surface area (Å²) in [6.45, 7) is 3.13. The van der Waals surface area contributed by atoms with Gasteiger partial charge in [-0.3, -0.25) is 5.10 Å². The number of nitrogens with zero attached hydrogens (tertiary/aromatic N) is 4. The molecule has 0 saturated carbocycles. The summed E-state index contributed by atoms with van der Waals surface area (Å²) in [6, 6.07) is 14.8. The molecule has 0 spiro atoms. The van der Waals surface area contributed by atoms with Gasteiger partial charge in [0.2, 0.25) is 0 Å². The molecular weight excluding hydrogens is 322 g/mol. The van der Waals surface area contributed by atoms with Crippen molar-refractivity contribution in [1.29, 1.82) is 0 Å². The number of benzene rings is 2. The molecule has 0 unspecified atom stereocenters. The maximum atomic E-state index is 4.86. The molecule has 5 heteroatoms. The van der Waals surface area contributed by atoms with Crippen molar-refractivity contribution in [2.45, 2.75) is 19.8 Å². The fourth-order valence-electron chi connectivity index (χ4n) is 3.68. The van der Waals surface area contributed by atoms with Gasteiger partial charge < -0.3 is 4.90 Å². The zero-order valence-corrected chi connectivity index (χ0v) is 14.6. The quantitative estimate of drug-likeness (QED) is 0.587. The van der Waals surface area contributed by atoms with Crippen LogP contribution in [0.4, 0.5) is 11.5 Å². The molecule has 1 aliphatic rings. The Morgan fingerprint density at radius 1 is 1.08 bits per heavy atom. The van der Waals surface area contributed by atoms with E-state index in [1.807, 2.05) is 30.6 Å². The van der Waals surface area contributed by atoms with Crippen LogP contribution in [0.5, 0.6) is 0 Å². The minimum atomic E-state index is 0.741. The van der Waals surface area contributed by atoms with Gasteiger partial charge in [0, 0.05) is 29.4 Å². The Bertz CT molecular complexity index is 1100. The number of rotatable bonds is 2. The van der Waals surface area contributed by atoms with Gasteiger partial charge in [0.25, 0.3) is 0 Å². The number of H-pyrrole nitrogens is 1. The molecule has 0 fully saturated rings. The average molecular weight is 341 g/mol. The minimum Gasteiger partial charge on any atom is -0.326 e. The first kappa shape index (κ1) is 15.1. The summed E-state index contributed by atoms with van der Waals surface area (Å²) in [4.78, 5) is 11.7. The van der Waals surface area contributed by atoms with E-state index in [-0.39, 0.29) is 0 Å². The fourth-order valence-corrected chi connectivity index (χ4v) is 3.68. The predicted molar refractivity (Wildman–Crippen MR) is 104 cm³/mol. The van der Waals surface area contributed by atoms with E-state index < -0.39 is 0 Å². The van der Waals surface area contributed by atoms with E-state index >= 15 is 0 Å². The van der Waals surface area contributed by atoms with Crippen molar-refractivity contribution in [2.24, 2.45) is 0 Å². The van der Waals surface area contributed by atoms with Crippen LogP contribution in [0.3, 0.4) is 0 Å². The van der Waals surface area contributed by atoms with Crippen molar-refractivity contribution in [3.05, 3.63) is 66.0 Å². The van der Waals surface area contributed by atoms with E-state index in [4.69, 9.17) is 4.98 Å². The number of fused-ring (bicyclic) bond motifs is 2. The molecule has 3 heterocycles. The molecule has 26 heavy (non-hydrogen) atoms. The van der Waals surface area contributed by atoms with Crippen molar-refractivity contribution in [1.82, 2.24) is 20.2 Å². The van der Waals surface area contributed by atoms with Crippen LogP contribution >= 0.6 is 0 Å². The highest BCUT2D eigenvalue weighted by Crippen LogP contribution is 2.33. The molecule has 128 valence electrons. The second-order valence-corrected chi connectivity index (χ2v) is 6.80. The molecule has 0 atom stereocenters. The molecule has 0 amide bonds. The third kappa shape index (κ3) is 2.52. The van der Waals surface area contributed by atoms with Gasteiger partial charge in [-0.1, -0.05) is 17.7 Å². The van der Waals surface area contributed by atoms with Gasteiger partial charge in [-0.25, -0.2) is 9.97 Å². The van der Waals surface area contributed by atoms with Gasteiger partial charge in [-0.05, 0) is 55.7 Å². The number of nitrogens with one attached hydrogen (secondary N) is 1. The Balaban J connectivity index is 1.56. The summed E-state index contributed by atoms with van der Waals surface area (Å²) >= 11 is 0. The summed E-state index contributed by atoms with van der Waals surface area (Å²) in [5.74, 6) is 1.69. The van der Waals surface area contributed by atoms with Crippen LogP contribution < -0.4 is 4.90 Å². The first-order valence-electron chi connectivity index (χ1n) is 8.91. The van der Waals surface area contributed by atoms with E-state index in [9.17, 15) is 0 Å². The standard InChI is InChI=1S/C21H19N5/c1-14-4-7-19-15(11-14)3-2-10-26(19)20-8-9-22-21(24-20)16-5-6-18-17(12-16)13-23-25-18/h4-9,11-13H,2-3,10H2,1H3,(H,23,25). The molecule has 0 bridgehead atoms. The van der Waals surface area contributed by atoms with Crippen molar-refractivity contribution >= 4 is 22.4 Å². The van der Waals surface area contributed by atoms with Gasteiger partial charge >= 0.3 is 0 Å². The van der Waals surface area contributed by atoms with Crippen LogP contribution in [-0.4, -0.2) is 26.7 Å². The molecule has 0 aliphatic carbocycles. The average Bonchev–Trinajstić information content (AvgIpc) is 3.15. The maximum absolute atomic E-state index is 4.86. The first-order chi connectivity index (χ1) is 12.8. The highest BCUT2D eigenvalue weighted by Gasteiger charge is 2.19. The van der Waals surface area contributed by atoms with Crippen LogP contribution in [0, 0.1) is 6.92 Å². The summed E-state index contributed by atoms with van der Waals surface area (Å²) in [7, 11) is 0. The zero-order valence-electron chi connectivity index (χ0n) is 14.6. The lowest BCUT2D eigenvalue weighted by Gasteiger charge is -2.30. The number of aromatic amines is 1. The van der Waals surface area contributed by atoms with Crippen molar-refractivity contribution < 1.29 is 0 Å². The smallest absolute Gasteiger partial charge is 0.161 e. The molecule has 5 rings (SSSR count). The molecule has 5 nitrogen and oxygen atoms in total. The second kappa shape index (κ2) is 5.95. The van der Waals surface area contributed by atoms with Crippen LogP contribution in [0.1, 0.15) is 17.5 Å². The highest BCUT2D eigenvalue weighted by atomic mass is 15.2. The first-order valence-corrected chi connectivity index (χ1v) is 8.91. The molecule has 4 aromatic rings. The van der Waals surface area contributed by atoms with E-state index in [1.165, 1.54) is 16.8 Å². The molecule has 0 radical (unpaired) electrons. The zero-order chi connectivity index (χ0) is 17.5. The van der Waals surface area contributed by atoms with Crippen molar-refractivity contribution in [3.63, 3.8) is 0 Å². The largest absolute Gasteiger partial charge is 0.326 e. The van der Waals surface area contributed by atoms with Gasteiger partial charge in [-0.15, -0.1) is 0 Å². The minimum absolute atomic E-state index is 0.741. The lowest BCUT2D eigenvalue weighted by Crippen LogP contribution is -2.25. The Kier molecular flexibility index (Phi) is 3.45. The van der Waals surface area contributed by atoms with Gasteiger partial charge in [0.1, 0.15) is 5.82 Å². The molecule has 0 saturated heterocycles. The predicted octanol–water partition coefficient (Wildman–Crippen LogP) is 4.41. The number of aromatic nitrogens is 4. The number of hydrogen-bond donors (Lipinski definition) is 1. The lowest BCUT2D eigenvalue weighted by atomic mass is 9.99. The lowest BCUT2D eigenvalue weighted by molar-refractivity contribution is 0.758. The van der Waals surface area contributed by atoms with Gasteiger partial charge in [0.05, 0.1) is 11.7 Å². The van der Waals surface area contributed by atoms with Crippen molar-refractivity contribution in [3.8, 4) is 11.4 Å². The van der Waals surface area contributed by atoms with Crippen LogP contribution in [0.2, 0.25) is 0 Å². The van der Waals surface area contributed by atoms with Crippen LogP contribution in [-0.2, 0) is 6.42 Å².